The smallest absolute Gasteiger partial charge is 0.271 e. The molecule has 0 saturated carbocycles. The van der Waals surface area contributed by atoms with Crippen LogP contribution in [0.1, 0.15) is 5.56 Å². The SMILES string of the molecule is Cc1cc(S(=O)(=O)Nc2ccc3c(c2)OCO3)sc1Br. The van der Waals surface area contributed by atoms with Gasteiger partial charge in [0.25, 0.3) is 10.0 Å². The van der Waals surface area contributed by atoms with Crippen LogP contribution in [0.4, 0.5) is 5.69 Å². The number of halogens is 1. The van der Waals surface area contributed by atoms with Crippen molar-refractivity contribution in [3.05, 3.63) is 33.6 Å². The van der Waals surface area contributed by atoms with E-state index in [0.717, 1.165) is 9.35 Å². The fourth-order valence-electron chi connectivity index (χ4n) is 1.73. The summed E-state index contributed by atoms with van der Waals surface area (Å²) in [7, 11) is -3.59. The molecule has 8 heteroatoms. The lowest BCUT2D eigenvalue weighted by molar-refractivity contribution is 0.174. The number of nitrogens with one attached hydrogen (secondary N) is 1. The Labute approximate surface area is 128 Å². The standard InChI is InChI=1S/C12H10BrNO4S2/c1-7-4-11(19-12(7)13)20(15,16)14-8-2-3-9-10(5-8)18-6-17-9/h2-5,14H,6H2,1H3. The Bertz CT molecular complexity index is 750. The van der Waals surface area contributed by atoms with Gasteiger partial charge in [0.05, 0.1) is 9.47 Å². The van der Waals surface area contributed by atoms with Crippen LogP contribution in [0.25, 0.3) is 0 Å². The molecule has 2 aromatic rings. The predicted molar refractivity (Wildman–Crippen MR) is 80.1 cm³/mol. The minimum absolute atomic E-state index is 0.155. The van der Waals surface area contributed by atoms with E-state index in [9.17, 15) is 8.42 Å². The molecule has 3 rings (SSSR count). The number of hydrogen-bond acceptors (Lipinski definition) is 5. The molecule has 0 aliphatic carbocycles. The first-order valence-electron chi connectivity index (χ1n) is 5.64. The van der Waals surface area contributed by atoms with E-state index in [-0.39, 0.29) is 11.0 Å². The van der Waals surface area contributed by atoms with Crippen LogP contribution in [0.5, 0.6) is 11.5 Å². The highest BCUT2D eigenvalue weighted by Gasteiger charge is 2.20. The van der Waals surface area contributed by atoms with Crippen molar-refractivity contribution in [2.75, 3.05) is 11.5 Å². The summed E-state index contributed by atoms with van der Waals surface area (Å²) in [6.07, 6.45) is 0. The Morgan fingerprint density at radius 3 is 2.70 bits per heavy atom. The number of hydrogen-bond donors (Lipinski definition) is 1. The van der Waals surface area contributed by atoms with Gasteiger partial charge in [-0.25, -0.2) is 8.42 Å². The van der Waals surface area contributed by atoms with Crippen molar-refractivity contribution in [2.24, 2.45) is 0 Å². The molecule has 2 heterocycles. The van der Waals surface area contributed by atoms with E-state index in [2.05, 4.69) is 20.7 Å². The van der Waals surface area contributed by atoms with E-state index in [1.54, 1.807) is 24.3 Å². The fraction of sp³-hybridized carbons (Fsp3) is 0.167. The molecule has 0 unspecified atom stereocenters. The van der Waals surface area contributed by atoms with E-state index < -0.39 is 10.0 Å². The van der Waals surface area contributed by atoms with Gasteiger partial charge in [0.15, 0.2) is 11.5 Å². The maximum Gasteiger partial charge on any atom is 0.271 e. The third kappa shape index (κ3) is 2.50. The highest BCUT2D eigenvalue weighted by molar-refractivity contribution is 9.11. The highest BCUT2D eigenvalue weighted by Crippen LogP contribution is 2.36. The van der Waals surface area contributed by atoms with Crippen LogP contribution < -0.4 is 14.2 Å². The molecule has 0 fully saturated rings. The van der Waals surface area contributed by atoms with Crippen molar-refractivity contribution in [3.63, 3.8) is 0 Å². The van der Waals surface area contributed by atoms with E-state index in [1.807, 2.05) is 6.92 Å². The summed E-state index contributed by atoms with van der Waals surface area (Å²) in [6, 6.07) is 6.55. The van der Waals surface area contributed by atoms with Gasteiger partial charge in [0.2, 0.25) is 6.79 Å². The van der Waals surface area contributed by atoms with Crippen molar-refractivity contribution >= 4 is 43.0 Å². The van der Waals surface area contributed by atoms with Gasteiger partial charge in [-0.05, 0) is 46.6 Å². The lowest BCUT2D eigenvalue weighted by atomic mass is 10.3. The first-order chi connectivity index (χ1) is 9.45. The van der Waals surface area contributed by atoms with E-state index >= 15 is 0 Å². The third-order valence-corrected chi connectivity index (χ3v) is 6.72. The largest absolute Gasteiger partial charge is 0.454 e. The van der Waals surface area contributed by atoms with Crippen LogP contribution in [0.15, 0.2) is 32.3 Å². The predicted octanol–water partition coefficient (Wildman–Crippen LogP) is 3.35. The number of aryl methyl sites for hydroxylation is 1. The van der Waals surface area contributed by atoms with Gasteiger partial charge in [-0.2, -0.15) is 0 Å². The molecule has 1 aromatic heterocycles. The monoisotopic (exact) mass is 375 g/mol. The quantitative estimate of drug-likeness (QED) is 0.893. The molecular formula is C12H10BrNO4S2. The minimum Gasteiger partial charge on any atom is -0.454 e. The van der Waals surface area contributed by atoms with Crippen LogP contribution in [-0.2, 0) is 10.0 Å². The number of sulfonamides is 1. The second-order valence-electron chi connectivity index (χ2n) is 4.20. The molecule has 106 valence electrons. The Hall–Kier alpha value is -1.25. The van der Waals surface area contributed by atoms with Crippen molar-refractivity contribution in [1.29, 1.82) is 0 Å². The second-order valence-corrected chi connectivity index (χ2v) is 8.48. The summed E-state index contributed by atoms with van der Waals surface area (Å²) in [5.41, 5.74) is 1.33. The second kappa shape index (κ2) is 4.94. The van der Waals surface area contributed by atoms with Crippen molar-refractivity contribution < 1.29 is 17.9 Å². The molecule has 20 heavy (non-hydrogen) atoms. The van der Waals surface area contributed by atoms with Gasteiger partial charge in [-0.15, -0.1) is 11.3 Å². The minimum atomic E-state index is -3.59. The topological polar surface area (TPSA) is 64.6 Å². The molecule has 1 aliphatic rings. The number of rotatable bonds is 3. The first kappa shape index (κ1) is 13.7. The number of anilines is 1. The molecule has 0 saturated heterocycles. The number of ether oxygens (including phenoxy) is 2. The normalized spacial score (nSPS) is 13.5. The van der Waals surface area contributed by atoms with Gasteiger partial charge in [-0.3, -0.25) is 4.72 Å². The van der Waals surface area contributed by atoms with Gasteiger partial charge in [-0.1, -0.05) is 0 Å². The number of benzene rings is 1. The summed E-state index contributed by atoms with van der Waals surface area (Å²) >= 11 is 4.50. The molecule has 1 N–H and O–H groups in total. The zero-order valence-corrected chi connectivity index (χ0v) is 13.6. The Morgan fingerprint density at radius 2 is 2.00 bits per heavy atom. The lowest BCUT2D eigenvalue weighted by Gasteiger charge is -2.06. The van der Waals surface area contributed by atoms with Crippen molar-refractivity contribution in [2.45, 2.75) is 11.1 Å². The highest BCUT2D eigenvalue weighted by atomic mass is 79.9. The molecule has 0 radical (unpaired) electrons. The van der Waals surface area contributed by atoms with Crippen LogP contribution in [0.2, 0.25) is 0 Å². The molecule has 1 aliphatic heterocycles. The summed E-state index contributed by atoms with van der Waals surface area (Å²) in [4.78, 5) is 0. The maximum atomic E-state index is 12.3. The van der Waals surface area contributed by atoms with E-state index in [4.69, 9.17) is 9.47 Å². The average molecular weight is 376 g/mol. The van der Waals surface area contributed by atoms with Crippen molar-refractivity contribution in [1.82, 2.24) is 0 Å². The Balaban J connectivity index is 1.90. The van der Waals surface area contributed by atoms with Crippen LogP contribution in [-0.4, -0.2) is 15.2 Å². The molecule has 5 nitrogen and oxygen atoms in total. The number of fused-ring (bicyclic) bond motifs is 1. The van der Waals surface area contributed by atoms with Crippen LogP contribution in [0.3, 0.4) is 0 Å². The summed E-state index contributed by atoms with van der Waals surface area (Å²) < 4.78 is 38.6. The van der Waals surface area contributed by atoms with E-state index in [1.165, 1.54) is 11.3 Å². The summed E-state index contributed by atoms with van der Waals surface area (Å²) in [5, 5.41) is 0. The van der Waals surface area contributed by atoms with Crippen LogP contribution >= 0.6 is 27.3 Å². The molecule has 0 spiro atoms. The zero-order chi connectivity index (χ0) is 14.3. The van der Waals surface area contributed by atoms with Gasteiger partial charge < -0.3 is 9.47 Å². The van der Waals surface area contributed by atoms with Gasteiger partial charge >= 0.3 is 0 Å². The number of thiophene rings is 1. The van der Waals surface area contributed by atoms with Crippen molar-refractivity contribution in [3.8, 4) is 11.5 Å². The molecule has 0 atom stereocenters. The van der Waals surface area contributed by atoms with E-state index in [0.29, 0.717) is 17.2 Å². The first-order valence-corrected chi connectivity index (χ1v) is 8.73. The molecule has 0 amide bonds. The third-order valence-electron chi connectivity index (χ3n) is 2.72. The zero-order valence-electron chi connectivity index (χ0n) is 10.3. The summed E-state index contributed by atoms with van der Waals surface area (Å²) in [5.74, 6) is 1.15. The molecular weight excluding hydrogens is 366 g/mol. The van der Waals surface area contributed by atoms with Gasteiger partial charge in [0.1, 0.15) is 4.21 Å². The molecule has 1 aromatic carbocycles. The lowest BCUT2D eigenvalue weighted by Crippen LogP contribution is -2.11. The van der Waals surface area contributed by atoms with Gasteiger partial charge in [0, 0.05) is 6.07 Å². The fourth-order valence-corrected chi connectivity index (χ4v) is 5.00. The summed E-state index contributed by atoms with van der Waals surface area (Å²) in [6.45, 7) is 2.00. The average Bonchev–Trinajstić information content (AvgIpc) is 2.96. The van der Waals surface area contributed by atoms with Crippen LogP contribution in [0, 0.1) is 6.92 Å². The molecule has 0 bridgehead atoms. The maximum absolute atomic E-state index is 12.3. The Morgan fingerprint density at radius 1 is 1.25 bits per heavy atom. The Kier molecular flexibility index (Phi) is 3.39.